The summed E-state index contributed by atoms with van der Waals surface area (Å²) in [5, 5.41) is 35.5. The van der Waals surface area contributed by atoms with Gasteiger partial charge < -0.3 is 66.2 Å². The first-order valence-electron chi connectivity index (χ1n) is 24.2. The van der Waals surface area contributed by atoms with Crippen molar-refractivity contribution in [3.05, 3.63) is 104 Å². The number of hydrogen-bond acceptors (Lipinski definition) is 21. The number of carbonyl (C=O) groups excluding carboxylic acids is 5. The molecule has 2 fully saturated rings. The average Bonchev–Trinajstić information content (AvgIpc) is 4.29. The summed E-state index contributed by atoms with van der Waals surface area (Å²) < 4.78 is 20.6. The number of aromatic carboxylic acids is 1. The van der Waals surface area contributed by atoms with Crippen LogP contribution in [0, 0.1) is 0 Å². The maximum atomic E-state index is 13.0. The Kier molecular flexibility index (Phi) is 21.7. The number of nitrogens with zero attached hydrogens (tertiary/aromatic N) is 4. The molecule has 0 radical (unpaired) electrons. The molecular formula is C52H65ClN10O11S4. The molecule has 2 aromatic carbocycles. The number of carbonyl (C=O) groups is 6. The number of benzene rings is 2. The fraction of sp³-hybridized carbons (Fsp3) is 0.385. The van der Waals surface area contributed by atoms with Gasteiger partial charge in [-0.1, -0.05) is 24.3 Å². The number of carboxylic acid groups (broad SMARTS) is 1. The molecule has 26 heteroatoms. The van der Waals surface area contributed by atoms with Gasteiger partial charge in [0.1, 0.15) is 28.0 Å². The van der Waals surface area contributed by atoms with Crippen molar-refractivity contribution >= 4 is 138 Å². The van der Waals surface area contributed by atoms with Gasteiger partial charge in [0.15, 0.2) is 16.0 Å². The maximum Gasteiger partial charge on any atom is 0.408 e. The van der Waals surface area contributed by atoms with E-state index in [0.717, 1.165) is 22.7 Å². The van der Waals surface area contributed by atoms with E-state index in [1.54, 1.807) is 69.6 Å². The quantitative estimate of drug-likeness (QED) is 0.0321. The topological polar surface area (TPSA) is 278 Å². The second kappa shape index (κ2) is 27.4. The third-order valence-corrected chi connectivity index (χ3v) is 14.5. The smallest absolute Gasteiger partial charge is 0.408 e. The van der Waals surface area contributed by atoms with Crippen LogP contribution in [0.15, 0.2) is 92.9 Å². The van der Waals surface area contributed by atoms with Crippen molar-refractivity contribution in [2.45, 2.75) is 89.5 Å². The molecular weight excluding hydrogens is 1100 g/mol. The van der Waals surface area contributed by atoms with E-state index in [4.69, 9.17) is 29.8 Å². The van der Waals surface area contributed by atoms with E-state index in [0.29, 0.717) is 79.2 Å². The van der Waals surface area contributed by atoms with Crippen molar-refractivity contribution in [1.82, 2.24) is 20.6 Å². The average molecular weight is 1170 g/mol. The van der Waals surface area contributed by atoms with Crippen molar-refractivity contribution in [3.63, 3.8) is 0 Å². The number of rotatable bonds is 13. The molecule has 21 nitrogen and oxygen atoms in total. The van der Waals surface area contributed by atoms with E-state index in [2.05, 4.69) is 46.4 Å². The SMILES string of the molecule is COC(=O)C1(NC(=O)OC(C)(C)C)CCN(c2ccccc2N)CC1.COC(=O)C1(NC(=O)OC(C)(C)C)CCN(c2ccccc2NC(=O)c2csc(Nc3ccsc3)n2)CC1.Cl.O=C(O)c1csc(Nc2ccsc2)n1. The summed E-state index contributed by atoms with van der Waals surface area (Å²) in [4.78, 5) is 85.8. The Morgan fingerprint density at radius 2 is 1.04 bits per heavy atom. The first-order chi connectivity index (χ1) is 36.5. The maximum absolute atomic E-state index is 13.0. The van der Waals surface area contributed by atoms with Crippen LogP contribution in [0.25, 0.3) is 0 Å². The minimum Gasteiger partial charge on any atom is -0.476 e. The number of hydrogen-bond donors (Lipinski definition) is 7. The summed E-state index contributed by atoms with van der Waals surface area (Å²) in [7, 11) is 2.63. The molecule has 6 heterocycles. The van der Waals surface area contributed by atoms with Crippen molar-refractivity contribution in [3.8, 4) is 0 Å². The summed E-state index contributed by atoms with van der Waals surface area (Å²) in [6, 6.07) is 18.9. The van der Waals surface area contributed by atoms with E-state index in [1.165, 1.54) is 42.3 Å². The van der Waals surface area contributed by atoms with Crippen molar-refractivity contribution in [2.24, 2.45) is 0 Å². The molecule has 6 aromatic rings. The molecule has 8 rings (SSSR count). The molecule has 4 aromatic heterocycles. The Labute approximate surface area is 474 Å². The Morgan fingerprint density at radius 3 is 1.45 bits per heavy atom. The van der Waals surface area contributed by atoms with Crippen LogP contribution in [0.5, 0.6) is 0 Å². The largest absolute Gasteiger partial charge is 0.476 e. The monoisotopic (exact) mass is 1170 g/mol. The van der Waals surface area contributed by atoms with Gasteiger partial charge in [0.2, 0.25) is 0 Å². The summed E-state index contributed by atoms with van der Waals surface area (Å²) >= 11 is 5.78. The lowest BCUT2D eigenvalue weighted by molar-refractivity contribution is -0.150. The zero-order chi connectivity index (χ0) is 56.0. The van der Waals surface area contributed by atoms with Crippen molar-refractivity contribution in [1.29, 1.82) is 0 Å². The van der Waals surface area contributed by atoms with Crippen LogP contribution in [0.4, 0.5) is 54.0 Å². The number of nitrogen functional groups attached to an aromatic ring is 1. The molecule has 0 saturated carbocycles. The number of methoxy groups -OCH3 is 2. The lowest BCUT2D eigenvalue weighted by atomic mass is 9.87. The number of nitrogens with two attached hydrogens (primary N) is 1. The van der Waals surface area contributed by atoms with Gasteiger partial charge in [0.25, 0.3) is 5.91 Å². The molecule has 2 aliphatic rings. The van der Waals surface area contributed by atoms with Gasteiger partial charge in [-0.3, -0.25) is 4.79 Å². The number of carboxylic acids is 1. The van der Waals surface area contributed by atoms with E-state index in [-0.39, 0.29) is 24.0 Å². The summed E-state index contributed by atoms with van der Waals surface area (Å²) in [6.07, 6.45) is 0.154. The Hall–Kier alpha value is -7.19. The number of para-hydroxylation sites is 4. The first-order valence-corrected chi connectivity index (χ1v) is 27.8. The normalized spacial score (nSPS) is 14.5. The molecule has 3 amide bonds. The minimum absolute atomic E-state index is 0. The third kappa shape index (κ3) is 17.4. The molecule has 0 aliphatic carbocycles. The van der Waals surface area contributed by atoms with Gasteiger partial charge >= 0.3 is 30.1 Å². The standard InChI is InChI=1S/C26H31N5O5S2.C18H27N3O4.C8H6N2O2S2.ClH/c1-25(2,3)36-24(34)30-26(22(33)35-4)10-12-31(13-11-26)20-8-6-5-7-18(20)28-21(32)19-16-38-23(29-19)27-17-9-14-37-15-17;1-17(2,3)25-16(23)20-18(15(22)24-4)9-11-21(12-10-18)14-8-6-5-7-13(14)19;11-7(12)6-4-14-8(10-6)9-5-1-2-13-3-5;/h5-9,14-16H,10-13H2,1-4H3,(H,27,29)(H,28,32)(H,30,34);5-8H,9-12,19H2,1-4H3,(H,20,23);1-4H,(H,9,10)(H,11,12);1H. The number of alkyl carbamates (subject to hydrolysis) is 2. The molecule has 78 heavy (non-hydrogen) atoms. The number of piperidine rings is 2. The van der Waals surface area contributed by atoms with Gasteiger partial charge in [-0.05, 0) is 114 Å². The van der Waals surface area contributed by atoms with Crippen LogP contribution in [0.3, 0.4) is 0 Å². The minimum atomic E-state index is -1.20. The van der Waals surface area contributed by atoms with Crippen LogP contribution in [0.1, 0.15) is 88.2 Å². The second-order valence-electron chi connectivity index (χ2n) is 19.6. The zero-order valence-corrected chi connectivity index (χ0v) is 48.4. The number of nitrogens with one attached hydrogen (secondary N) is 5. The first kappa shape index (κ1) is 61.7. The van der Waals surface area contributed by atoms with E-state index in [1.807, 2.05) is 82.2 Å². The Morgan fingerprint density at radius 1 is 0.615 bits per heavy atom. The van der Waals surface area contributed by atoms with Gasteiger partial charge in [-0.2, -0.15) is 22.7 Å². The highest BCUT2D eigenvalue weighted by molar-refractivity contribution is 7.14. The van der Waals surface area contributed by atoms with Gasteiger partial charge in [-0.15, -0.1) is 35.1 Å². The van der Waals surface area contributed by atoms with E-state index >= 15 is 0 Å². The van der Waals surface area contributed by atoms with Crippen LogP contribution < -0.4 is 42.1 Å². The van der Waals surface area contributed by atoms with Crippen LogP contribution >= 0.6 is 57.8 Å². The number of halogens is 1. The molecule has 0 bridgehead atoms. The number of ether oxygens (including phenoxy) is 4. The molecule has 0 unspecified atom stereocenters. The highest BCUT2D eigenvalue weighted by atomic mass is 35.5. The van der Waals surface area contributed by atoms with Gasteiger partial charge in [0, 0.05) is 47.7 Å². The van der Waals surface area contributed by atoms with Crippen LogP contribution in [0.2, 0.25) is 0 Å². The summed E-state index contributed by atoms with van der Waals surface area (Å²) in [5.41, 5.74) is 7.72. The Balaban J connectivity index is 0.000000239. The third-order valence-electron chi connectivity index (χ3n) is 11.6. The molecule has 8 N–H and O–H groups in total. The molecule has 2 aliphatic heterocycles. The lowest BCUT2D eigenvalue weighted by Crippen LogP contribution is -2.61. The number of anilines is 8. The highest BCUT2D eigenvalue weighted by Gasteiger charge is 2.46. The van der Waals surface area contributed by atoms with Crippen LogP contribution in [-0.2, 0) is 28.5 Å². The predicted octanol–water partition coefficient (Wildman–Crippen LogP) is 10.6. The number of aromatic nitrogens is 2. The van der Waals surface area contributed by atoms with Crippen LogP contribution in [-0.4, -0.2) is 114 Å². The lowest BCUT2D eigenvalue weighted by Gasteiger charge is -2.41. The number of thiazole rings is 2. The van der Waals surface area contributed by atoms with Gasteiger partial charge in [0.05, 0.1) is 48.3 Å². The summed E-state index contributed by atoms with van der Waals surface area (Å²) in [5.74, 6) is -2.29. The molecule has 0 spiro atoms. The zero-order valence-electron chi connectivity index (χ0n) is 44.3. The molecule has 2 saturated heterocycles. The predicted molar refractivity (Wildman–Crippen MR) is 310 cm³/mol. The molecule has 420 valence electrons. The number of amides is 3. The summed E-state index contributed by atoms with van der Waals surface area (Å²) in [6.45, 7) is 12.6. The van der Waals surface area contributed by atoms with Gasteiger partial charge in [-0.25, -0.2) is 33.9 Å². The molecule has 0 atom stereocenters. The fourth-order valence-corrected chi connectivity index (χ4v) is 10.6. The second-order valence-corrected chi connectivity index (χ2v) is 22.8. The van der Waals surface area contributed by atoms with E-state index < -0.39 is 52.4 Å². The Bertz CT molecular complexity index is 2940. The van der Waals surface area contributed by atoms with E-state index in [9.17, 15) is 28.8 Å². The number of esters is 2. The fourth-order valence-electron chi connectivity index (χ4n) is 8.01. The highest BCUT2D eigenvalue weighted by Crippen LogP contribution is 2.34. The number of thiophene rings is 2. The van der Waals surface area contributed by atoms with Crippen molar-refractivity contribution < 1.29 is 52.8 Å². The van der Waals surface area contributed by atoms with Crippen molar-refractivity contribution in [2.75, 3.05) is 71.9 Å².